The molecule has 0 aliphatic carbocycles. The lowest BCUT2D eigenvalue weighted by atomic mass is 10.1. The minimum absolute atomic E-state index is 0.186. The molecule has 0 atom stereocenters. The predicted octanol–water partition coefficient (Wildman–Crippen LogP) is 1.73. The largest absolute Gasteiger partial charge is 0.466 e. The molecule has 2 heterocycles. The Morgan fingerprint density at radius 3 is 2.47 bits per heavy atom. The Morgan fingerprint density at radius 2 is 1.82 bits per heavy atom. The smallest absolute Gasteiger partial charge is 0.313 e. The molecule has 0 radical (unpaired) electrons. The van der Waals surface area contributed by atoms with Gasteiger partial charge in [-0.05, 0) is 6.92 Å². The summed E-state index contributed by atoms with van der Waals surface area (Å²) in [6.07, 6.45) is 3.18. The number of piperazine rings is 1. The lowest BCUT2D eigenvalue weighted by Gasteiger charge is -2.34. The van der Waals surface area contributed by atoms with Crippen LogP contribution in [0, 0.1) is 11.2 Å². The Balaban J connectivity index is 1.57. The number of esters is 2. The number of nitrogens with two attached hydrogens (primary N) is 1. The molecule has 3 rings (SSSR count). The summed E-state index contributed by atoms with van der Waals surface area (Å²) < 4.78 is 24.9. The van der Waals surface area contributed by atoms with Gasteiger partial charge in [-0.25, -0.2) is 14.4 Å². The zero-order valence-corrected chi connectivity index (χ0v) is 19.1. The summed E-state index contributed by atoms with van der Waals surface area (Å²) in [5, 5.41) is 7.11. The molecule has 1 fully saturated rings. The van der Waals surface area contributed by atoms with E-state index < -0.39 is 11.8 Å². The van der Waals surface area contributed by atoms with E-state index in [1.165, 1.54) is 6.07 Å². The van der Waals surface area contributed by atoms with Gasteiger partial charge in [-0.2, -0.15) is 0 Å². The number of benzene rings is 1. The van der Waals surface area contributed by atoms with E-state index in [1.54, 1.807) is 31.5 Å². The zero-order valence-electron chi connectivity index (χ0n) is 19.1. The second-order valence-corrected chi connectivity index (χ2v) is 7.80. The number of amidine groups is 1. The second kappa shape index (κ2) is 12.0. The fourth-order valence-corrected chi connectivity index (χ4v) is 3.56. The molecule has 11 heteroatoms. The van der Waals surface area contributed by atoms with Crippen LogP contribution in [0.1, 0.15) is 25.3 Å². The van der Waals surface area contributed by atoms with Crippen LogP contribution in [0.5, 0.6) is 0 Å². The highest BCUT2D eigenvalue weighted by Gasteiger charge is 2.20. The van der Waals surface area contributed by atoms with Crippen molar-refractivity contribution in [3.8, 4) is 11.1 Å². The van der Waals surface area contributed by atoms with Crippen molar-refractivity contribution in [3.05, 3.63) is 42.0 Å². The average molecular weight is 473 g/mol. The highest BCUT2D eigenvalue weighted by molar-refractivity contribution is 5.94. The zero-order chi connectivity index (χ0) is 24.5. The first-order valence-corrected chi connectivity index (χ1v) is 11.1. The monoisotopic (exact) mass is 472 g/mol. The van der Waals surface area contributed by atoms with Gasteiger partial charge in [-0.3, -0.25) is 19.9 Å². The van der Waals surface area contributed by atoms with E-state index in [0.717, 1.165) is 26.2 Å². The average Bonchev–Trinajstić information content (AvgIpc) is 2.82. The quantitative estimate of drug-likeness (QED) is 0.301. The van der Waals surface area contributed by atoms with Crippen molar-refractivity contribution in [2.24, 2.45) is 5.73 Å². The minimum atomic E-state index is -0.689. The molecule has 1 aromatic heterocycles. The maximum Gasteiger partial charge on any atom is 0.313 e. The third-order valence-corrected chi connectivity index (χ3v) is 5.34. The van der Waals surface area contributed by atoms with Crippen molar-refractivity contribution < 1.29 is 23.5 Å². The number of carbonyl (C=O) groups excluding carboxylic acids is 2. The van der Waals surface area contributed by atoms with Crippen molar-refractivity contribution in [3.63, 3.8) is 0 Å². The molecule has 3 N–H and O–H groups in total. The van der Waals surface area contributed by atoms with Gasteiger partial charge in [0.15, 0.2) is 0 Å². The molecule has 0 unspecified atom stereocenters. The Kier molecular flexibility index (Phi) is 8.86. The van der Waals surface area contributed by atoms with Crippen LogP contribution in [0.4, 0.5) is 10.3 Å². The molecule has 1 aliphatic rings. The van der Waals surface area contributed by atoms with Crippen LogP contribution in [-0.4, -0.2) is 72.0 Å². The summed E-state index contributed by atoms with van der Waals surface area (Å²) >= 11 is 0. The van der Waals surface area contributed by atoms with Gasteiger partial charge < -0.3 is 20.1 Å². The molecule has 0 bridgehead atoms. The summed E-state index contributed by atoms with van der Waals surface area (Å²) in [5.74, 6) is -1.15. The third-order valence-electron chi connectivity index (χ3n) is 5.34. The molecule has 0 spiro atoms. The number of rotatable bonds is 10. The van der Waals surface area contributed by atoms with Crippen LogP contribution < -0.4 is 10.6 Å². The summed E-state index contributed by atoms with van der Waals surface area (Å²) in [5.41, 5.74) is 6.18. The van der Waals surface area contributed by atoms with Gasteiger partial charge in [0, 0.05) is 61.8 Å². The molecule has 0 amide bonds. The fraction of sp³-hybridized carbons (Fsp3) is 0.435. The summed E-state index contributed by atoms with van der Waals surface area (Å²) in [4.78, 5) is 36.2. The fourth-order valence-electron chi connectivity index (χ4n) is 3.56. The van der Waals surface area contributed by atoms with Gasteiger partial charge in [0.1, 0.15) is 24.7 Å². The topological polar surface area (TPSA) is 135 Å². The number of carbonyl (C=O) groups is 2. The highest BCUT2D eigenvalue weighted by atomic mass is 19.1. The third kappa shape index (κ3) is 6.95. The Hall–Kier alpha value is -3.60. The minimum Gasteiger partial charge on any atom is -0.466 e. The molecule has 1 saturated heterocycles. The van der Waals surface area contributed by atoms with Crippen molar-refractivity contribution in [2.75, 3.05) is 44.2 Å². The van der Waals surface area contributed by atoms with E-state index in [4.69, 9.17) is 20.6 Å². The Morgan fingerprint density at radius 1 is 1.12 bits per heavy atom. The first kappa shape index (κ1) is 25.0. The second-order valence-electron chi connectivity index (χ2n) is 7.80. The summed E-state index contributed by atoms with van der Waals surface area (Å²) in [6, 6.07) is 4.80. The lowest BCUT2D eigenvalue weighted by molar-refractivity contribution is -0.144. The van der Waals surface area contributed by atoms with Crippen LogP contribution >= 0.6 is 0 Å². The van der Waals surface area contributed by atoms with Crippen LogP contribution in [-0.2, 0) is 25.7 Å². The number of anilines is 1. The van der Waals surface area contributed by atoms with Gasteiger partial charge in [0.05, 0.1) is 13.0 Å². The number of hydrogen-bond acceptors (Lipinski definition) is 9. The molecular weight excluding hydrogens is 443 g/mol. The number of aromatic nitrogens is 2. The van der Waals surface area contributed by atoms with E-state index in [2.05, 4.69) is 14.9 Å². The predicted molar refractivity (Wildman–Crippen MR) is 124 cm³/mol. The summed E-state index contributed by atoms with van der Waals surface area (Å²) in [7, 11) is 0. The molecule has 2 aromatic rings. The first-order valence-electron chi connectivity index (χ1n) is 11.1. The molecule has 182 valence electrons. The highest BCUT2D eigenvalue weighted by Crippen LogP contribution is 2.25. The van der Waals surface area contributed by atoms with E-state index in [1.807, 2.05) is 4.90 Å². The van der Waals surface area contributed by atoms with Crippen molar-refractivity contribution in [1.82, 2.24) is 14.9 Å². The van der Waals surface area contributed by atoms with Gasteiger partial charge in [-0.15, -0.1) is 0 Å². The molecule has 1 aromatic carbocycles. The van der Waals surface area contributed by atoms with Gasteiger partial charge in [0.2, 0.25) is 5.95 Å². The number of halogens is 1. The lowest BCUT2D eigenvalue weighted by Crippen LogP contribution is -2.47. The molecule has 1 aliphatic heterocycles. The SMILES string of the molecule is CCOC(=O)CCN1CCN(c2ncc(-c3cccc(COC(=O)CC(=N)N)c3F)cn2)CC1. The van der Waals surface area contributed by atoms with Gasteiger partial charge >= 0.3 is 11.9 Å². The molecule has 0 saturated carbocycles. The first-order chi connectivity index (χ1) is 16.4. The van der Waals surface area contributed by atoms with Crippen LogP contribution in [0.15, 0.2) is 30.6 Å². The van der Waals surface area contributed by atoms with E-state index >= 15 is 0 Å². The van der Waals surface area contributed by atoms with E-state index in [-0.39, 0.29) is 30.4 Å². The van der Waals surface area contributed by atoms with E-state index in [9.17, 15) is 14.0 Å². The van der Waals surface area contributed by atoms with Gasteiger partial charge in [0.25, 0.3) is 0 Å². The number of hydrogen-bond donors (Lipinski definition) is 2. The number of nitrogens with zero attached hydrogens (tertiary/aromatic N) is 4. The number of nitrogens with one attached hydrogen (secondary N) is 1. The normalized spacial score (nSPS) is 14.0. The maximum atomic E-state index is 15.0. The van der Waals surface area contributed by atoms with E-state index in [0.29, 0.717) is 36.6 Å². The molecular formula is C23H29FN6O4. The van der Waals surface area contributed by atoms with Gasteiger partial charge in [-0.1, -0.05) is 18.2 Å². The van der Waals surface area contributed by atoms with Crippen molar-refractivity contribution >= 4 is 23.7 Å². The standard InChI is InChI=1S/C23H29FN6O4/c1-2-33-20(31)6-7-29-8-10-30(11-9-29)23-27-13-17(14-28-23)18-5-3-4-16(22(18)24)15-34-21(32)12-19(25)26/h3-5,13-14H,2,6-12,15H2,1H3,(H3,25,26). The molecule has 34 heavy (non-hydrogen) atoms. The Labute approximate surface area is 197 Å². The summed E-state index contributed by atoms with van der Waals surface area (Å²) in [6.45, 7) is 5.59. The number of ether oxygens (including phenoxy) is 2. The van der Waals surface area contributed by atoms with Crippen LogP contribution in [0.2, 0.25) is 0 Å². The van der Waals surface area contributed by atoms with Crippen molar-refractivity contribution in [1.29, 1.82) is 5.41 Å². The van der Waals surface area contributed by atoms with Crippen LogP contribution in [0.25, 0.3) is 11.1 Å². The Bertz CT molecular complexity index is 1010. The molecule has 10 nitrogen and oxygen atoms in total. The maximum absolute atomic E-state index is 15.0. The van der Waals surface area contributed by atoms with Crippen LogP contribution in [0.3, 0.4) is 0 Å². The van der Waals surface area contributed by atoms with Crippen molar-refractivity contribution in [2.45, 2.75) is 26.4 Å².